The third-order valence-electron chi connectivity index (χ3n) is 3.84. The van der Waals surface area contributed by atoms with Gasteiger partial charge in [-0.25, -0.2) is 9.18 Å². The fraction of sp³-hybridized carbons (Fsp3) is 0.438. The van der Waals surface area contributed by atoms with Crippen LogP contribution in [0.1, 0.15) is 36.0 Å². The number of Topliss-reactive ketones (excluding diaryl/α,β-unsaturated/α-hetero) is 1. The molecule has 22 heavy (non-hydrogen) atoms. The maximum absolute atomic E-state index is 12.9. The van der Waals surface area contributed by atoms with E-state index in [0.29, 0.717) is 19.3 Å². The van der Waals surface area contributed by atoms with Crippen LogP contribution in [0.3, 0.4) is 0 Å². The third kappa shape index (κ3) is 3.90. The number of carbonyl (C=O) groups is 3. The van der Waals surface area contributed by atoms with Crippen molar-refractivity contribution in [3.63, 3.8) is 0 Å². The van der Waals surface area contributed by atoms with Gasteiger partial charge in [-0.05, 0) is 43.0 Å². The lowest BCUT2D eigenvalue weighted by molar-refractivity contribution is -0.145. The van der Waals surface area contributed by atoms with Crippen molar-refractivity contribution in [2.24, 2.45) is 5.92 Å². The van der Waals surface area contributed by atoms with Crippen LogP contribution in [0, 0.1) is 11.7 Å². The molecule has 0 aliphatic heterocycles. The number of nitrogens with one attached hydrogen (secondary N) is 1. The Morgan fingerprint density at radius 2 is 2.00 bits per heavy atom. The molecule has 0 bridgehead atoms. The van der Waals surface area contributed by atoms with Crippen molar-refractivity contribution in [1.29, 1.82) is 0 Å². The van der Waals surface area contributed by atoms with Gasteiger partial charge in [-0.15, -0.1) is 0 Å². The third-order valence-corrected chi connectivity index (χ3v) is 3.84. The average Bonchev–Trinajstić information content (AvgIpc) is 2.52. The van der Waals surface area contributed by atoms with Gasteiger partial charge in [-0.3, -0.25) is 9.59 Å². The van der Waals surface area contributed by atoms with Crippen molar-refractivity contribution >= 4 is 17.7 Å². The van der Waals surface area contributed by atoms with Gasteiger partial charge in [0, 0.05) is 18.4 Å². The number of esters is 1. The van der Waals surface area contributed by atoms with Crippen LogP contribution in [-0.2, 0) is 14.3 Å². The molecule has 1 N–H and O–H groups in total. The molecule has 0 heterocycles. The Morgan fingerprint density at radius 3 is 2.59 bits per heavy atom. The zero-order valence-corrected chi connectivity index (χ0v) is 12.3. The highest BCUT2D eigenvalue weighted by Crippen LogP contribution is 2.25. The summed E-state index contributed by atoms with van der Waals surface area (Å²) < 4.78 is 17.6. The Bertz CT molecular complexity index is 570. The second-order valence-corrected chi connectivity index (χ2v) is 5.38. The normalized spacial score (nSPS) is 19.4. The molecule has 0 spiro atoms. The molecule has 1 fully saturated rings. The highest BCUT2D eigenvalue weighted by molar-refractivity contribution is 5.97. The van der Waals surface area contributed by atoms with Crippen LogP contribution in [0.15, 0.2) is 24.3 Å². The van der Waals surface area contributed by atoms with Crippen molar-refractivity contribution in [3.05, 3.63) is 35.6 Å². The molecule has 0 radical (unpaired) electrons. The molecule has 1 aromatic carbocycles. The van der Waals surface area contributed by atoms with E-state index in [1.807, 2.05) is 0 Å². The van der Waals surface area contributed by atoms with E-state index in [4.69, 9.17) is 4.74 Å². The summed E-state index contributed by atoms with van der Waals surface area (Å²) in [5.41, 5.74) is 0.248. The first-order valence-electron chi connectivity index (χ1n) is 7.17. The van der Waals surface area contributed by atoms with Crippen LogP contribution in [0.4, 0.5) is 4.39 Å². The Hall–Kier alpha value is -2.24. The molecule has 1 saturated carbocycles. The number of halogens is 1. The number of benzene rings is 1. The minimum Gasteiger partial charge on any atom is -0.467 e. The van der Waals surface area contributed by atoms with Gasteiger partial charge in [-0.1, -0.05) is 0 Å². The van der Waals surface area contributed by atoms with Crippen LogP contribution >= 0.6 is 0 Å². The molecular weight excluding hydrogens is 289 g/mol. The molecule has 2 rings (SSSR count). The fourth-order valence-electron chi connectivity index (χ4n) is 2.66. The molecule has 1 aliphatic carbocycles. The predicted octanol–water partition coefficient (Wildman–Crippen LogP) is 1.86. The topological polar surface area (TPSA) is 72.5 Å². The molecule has 118 valence electrons. The standard InChI is InChI=1S/C16H18FNO4/c1-22-16(21)14(11-3-2-4-13(19)9-11)18-15(20)10-5-7-12(17)8-6-10/h5-8,11,14H,2-4,9H2,1H3,(H,18,20)/t11-,14-/m0/s1. The van der Waals surface area contributed by atoms with E-state index in [9.17, 15) is 18.8 Å². The maximum Gasteiger partial charge on any atom is 0.328 e. The molecule has 1 amide bonds. The van der Waals surface area contributed by atoms with E-state index in [1.165, 1.54) is 31.4 Å². The minimum atomic E-state index is -0.869. The number of amides is 1. The first kappa shape index (κ1) is 16.1. The largest absolute Gasteiger partial charge is 0.467 e. The average molecular weight is 307 g/mol. The van der Waals surface area contributed by atoms with Gasteiger partial charge in [0.2, 0.25) is 0 Å². The van der Waals surface area contributed by atoms with Crippen molar-refractivity contribution in [2.75, 3.05) is 7.11 Å². The smallest absolute Gasteiger partial charge is 0.328 e. The Kier molecular flexibility index (Phi) is 5.25. The molecule has 0 saturated heterocycles. The molecule has 0 aromatic heterocycles. The lowest BCUT2D eigenvalue weighted by Gasteiger charge is -2.28. The number of hydrogen-bond donors (Lipinski definition) is 1. The Morgan fingerprint density at radius 1 is 1.32 bits per heavy atom. The fourth-order valence-corrected chi connectivity index (χ4v) is 2.66. The summed E-state index contributed by atoms with van der Waals surface area (Å²) in [7, 11) is 1.24. The second-order valence-electron chi connectivity index (χ2n) is 5.38. The first-order valence-corrected chi connectivity index (χ1v) is 7.17. The minimum absolute atomic E-state index is 0.0844. The van der Waals surface area contributed by atoms with Crippen LogP contribution in [0.5, 0.6) is 0 Å². The lowest BCUT2D eigenvalue weighted by atomic mass is 9.83. The van der Waals surface area contributed by atoms with Gasteiger partial charge in [-0.2, -0.15) is 0 Å². The van der Waals surface area contributed by atoms with Crippen LogP contribution < -0.4 is 5.32 Å². The predicted molar refractivity (Wildman–Crippen MR) is 76.6 cm³/mol. The van der Waals surface area contributed by atoms with E-state index in [0.717, 1.165) is 0 Å². The zero-order valence-electron chi connectivity index (χ0n) is 12.3. The van der Waals surface area contributed by atoms with Gasteiger partial charge >= 0.3 is 5.97 Å². The van der Waals surface area contributed by atoms with Crippen LogP contribution in [-0.4, -0.2) is 30.8 Å². The van der Waals surface area contributed by atoms with E-state index in [2.05, 4.69) is 5.32 Å². The maximum atomic E-state index is 12.9. The SMILES string of the molecule is COC(=O)[C@@H](NC(=O)c1ccc(F)cc1)[C@H]1CCCC(=O)C1. The van der Waals surface area contributed by atoms with E-state index in [-0.39, 0.29) is 23.7 Å². The van der Waals surface area contributed by atoms with E-state index in [1.54, 1.807) is 0 Å². The molecule has 2 atom stereocenters. The second kappa shape index (κ2) is 7.15. The quantitative estimate of drug-likeness (QED) is 0.862. The highest BCUT2D eigenvalue weighted by Gasteiger charge is 2.34. The van der Waals surface area contributed by atoms with Crippen LogP contribution in [0.25, 0.3) is 0 Å². The van der Waals surface area contributed by atoms with Gasteiger partial charge in [0.25, 0.3) is 5.91 Å². The number of carbonyl (C=O) groups excluding carboxylic acids is 3. The van der Waals surface area contributed by atoms with Crippen LogP contribution in [0.2, 0.25) is 0 Å². The Labute approximate surface area is 127 Å². The molecule has 1 aliphatic rings. The van der Waals surface area contributed by atoms with Crippen molar-refractivity contribution < 1.29 is 23.5 Å². The van der Waals surface area contributed by atoms with Gasteiger partial charge in [0.05, 0.1) is 7.11 Å². The summed E-state index contributed by atoms with van der Waals surface area (Å²) in [6.45, 7) is 0. The number of ketones is 1. The molecule has 1 aromatic rings. The number of hydrogen-bond acceptors (Lipinski definition) is 4. The summed E-state index contributed by atoms with van der Waals surface area (Å²) >= 11 is 0. The van der Waals surface area contributed by atoms with Gasteiger partial charge in [0.1, 0.15) is 17.6 Å². The molecule has 0 unspecified atom stereocenters. The first-order chi connectivity index (χ1) is 10.5. The van der Waals surface area contributed by atoms with Crippen molar-refractivity contribution in [3.8, 4) is 0 Å². The molecular formula is C16H18FNO4. The summed E-state index contributed by atoms with van der Waals surface area (Å²) in [6, 6.07) is 4.15. The van der Waals surface area contributed by atoms with E-state index >= 15 is 0 Å². The van der Waals surface area contributed by atoms with Gasteiger partial charge in [0.15, 0.2) is 0 Å². The number of ether oxygens (including phenoxy) is 1. The lowest BCUT2D eigenvalue weighted by Crippen LogP contribution is -2.48. The zero-order chi connectivity index (χ0) is 16.1. The monoisotopic (exact) mass is 307 g/mol. The highest BCUT2D eigenvalue weighted by atomic mass is 19.1. The number of methoxy groups -OCH3 is 1. The number of rotatable bonds is 4. The van der Waals surface area contributed by atoms with Gasteiger partial charge < -0.3 is 10.1 Å². The summed E-state index contributed by atoms with van der Waals surface area (Å²) in [5, 5.41) is 2.61. The summed E-state index contributed by atoms with van der Waals surface area (Å²) in [6.07, 6.45) is 2.14. The van der Waals surface area contributed by atoms with Crippen molar-refractivity contribution in [1.82, 2.24) is 5.32 Å². The summed E-state index contributed by atoms with van der Waals surface area (Å²) in [5.74, 6) is -1.69. The Balaban J connectivity index is 2.12. The molecule has 5 nitrogen and oxygen atoms in total. The van der Waals surface area contributed by atoms with E-state index < -0.39 is 23.7 Å². The molecule has 6 heteroatoms. The summed E-state index contributed by atoms with van der Waals surface area (Å²) in [4.78, 5) is 35.7. The van der Waals surface area contributed by atoms with Crippen molar-refractivity contribution in [2.45, 2.75) is 31.7 Å².